The van der Waals surface area contributed by atoms with E-state index in [1.807, 2.05) is 49.4 Å². The second-order valence-corrected chi connectivity index (χ2v) is 6.17. The minimum absolute atomic E-state index is 0.0527. The molecule has 1 amide bonds. The van der Waals surface area contributed by atoms with Crippen molar-refractivity contribution in [2.24, 2.45) is 0 Å². The van der Waals surface area contributed by atoms with Crippen molar-refractivity contribution in [3.8, 4) is 0 Å². The number of para-hydroxylation sites is 2. The third-order valence-electron chi connectivity index (χ3n) is 4.27. The molecule has 1 heterocycles. The highest BCUT2D eigenvalue weighted by molar-refractivity contribution is 5.94. The van der Waals surface area contributed by atoms with Crippen molar-refractivity contribution in [3.05, 3.63) is 65.5 Å². The van der Waals surface area contributed by atoms with Gasteiger partial charge in [-0.15, -0.1) is 0 Å². The van der Waals surface area contributed by atoms with Gasteiger partial charge in [0.1, 0.15) is 5.82 Å². The van der Waals surface area contributed by atoms with Crippen LogP contribution in [0.1, 0.15) is 40.6 Å². The third kappa shape index (κ3) is 2.72. The number of hydrogen-bond acceptors (Lipinski definition) is 2. The molecular weight excluding hydrogens is 286 g/mol. The molecule has 0 aliphatic heterocycles. The third-order valence-corrected chi connectivity index (χ3v) is 4.27. The van der Waals surface area contributed by atoms with Gasteiger partial charge in [-0.1, -0.05) is 29.8 Å². The molecule has 0 unspecified atom stereocenters. The standard InChI is InChI=1S/C19H19N3O/c1-13-5-4-6-14(11-13)19(23)20-12-18-21-16-7-2-3-8-17(16)22(18)15-9-10-15/h2-8,11,15H,9-10,12H2,1H3,(H,20,23). The molecule has 1 N–H and O–H groups in total. The number of carbonyl (C=O) groups is 1. The van der Waals surface area contributed by atoms with E-state index in [-0.39, 0.29) is 5.91 Å². The number of fused-ring (bicyclic) bond motifs is 1. The Kier molecular flexibility index (Phi) is 3.37. The van der Waals surface area contributed by atoms with Crippen LogP contribution in [0.5, 0.6) is 0 Å². The molecule has 0 radical (unpaired) electrons. The van der Waals surface area contributed by atoms with Gasteiger partial charge in [0, 0.05) is 11.6 Å². The van der Waals surface area contributed by atoms with Gasteiger partial charge in [0.2, 0.25) is 0 Å². The van der Waals surface area contributed by atoms with Crippen molar-refractivity contribution in [1.82, 2.24) is 14.9 Å². The minimum Gasteiger partial charge on any atom is -0.345 e. The molecule has 1 saturated carbocycles. The Bertz CT molecular complexity index is 877. The summed E-state index contributed by atoms with van der Waals surface area (Å²) in [7, 11) is 0. The zero-order valence-electron chi connectivity index (χ0n) is 13.1. The number of nitrogens with zero attached hydrogens (tertiary/aromatic N) is 2. The van der Waals surface area contributed by atoms with Gasteiger partial charge in [-0.25, -0.2) is 4.98 Å². The highest BCUT2D eigenvalue weighted by Crippen LogP contribution is 2.38. The Morgan fingerprint density at radius 1 is 1.22 bits per heavy atom. The fourth-order valence-electron chi connectivity index (χ4n) is 3.01. The Morgan fingerprint density at radius 2 is 2.04 bits per heavy atom. The summed E-state index contributed by atoms with van der Waals surface area (Å²) in [6, 6.07) is 16.3. The molecular formula is C19H19N3O. The van der Waals surface area contributed by atoms with Gasteiger partial charge in [0.05, 0.1) is 17.6 Å². The Hall–Kier alpha value is -2.62. The zero-order chi connectivity index (χ0) is 15.8. The monoisotopic (exact) mass is 305 g/mol. The van der Waals surface area contributed by atoms with Gasteiger partial charge >= 0.3 is 0 Å². The van der Waals surface area contributed by atoms with E-state index in [2.05, 4.69) is 16.0 Å². The summed E-state index contributed by atoms with van der Waals surface area (Å²) in [5.74, 6) is 0.887. The molecule has 1 aliphatic rings. The molecule has 0 atom stereocenters. The highest BCUT2D eigenvalue weighted by atomic mass is 16.1. The molecule has 4 rings (SSSR count). The highest BCUT2D eigenvalue weighted by Gasteiger charge is 2.28. The number of nitrogens with one attached hydrogen (secondary N) is 1. The summed E-state index contributed by atoms with van der Waals surface area (Å²) in [6.45, 7) is 2.45. The normalized spacial score (nSPS) is 14.1. The van der Waals surface area contributed by atoms with Gasteiger partial charge in [-0.3, -0.25) is 4.79 Å². The first-order valence-electron chi connectivity index (χ1n) is 8.03. The maximum absolute atomic E-state index is 12.3. The number of aryl methyl sites for hydroxylation is 1. The van der Waals surface area contributed by atoms with E-state index in [4.69, 9.17) is 4.98 Å². The minimum atomic E-state index is -0.0527. The lowest BCUT2D eigenvalue weighted by Gasteiger charge is -2.09. The Balaban J connectivity index is 1.58. The lowest BCUT2D eigenvalue weighted by molar-refractivity contribution is 0.0949. The van der Waals surface area contributed by atoms with Gasteiger partial charge in [0.25, 0.3) is 5.91 Å². The Labute approximate surface area is 135 Å². The van der Waals surface area contributed by atoms with Crippen LogP contribution >= 0.6 is 0 Å². The van der Waals surface area contributed by atoms with Crippen molar-refractivity contribution in [2.45, 2.75) is 32.4 Å². The average molecular weight is 305 g/mol. The van der Waals surface area contributed by atoms with E-state index in [0.717, 1.165) is 22.4 Å². The van der Waals surface area contributed by atoms with Gasteiger partial charge in [-0.05, 0) is 44.0 Å². The quantitative estimate of drug-likeness (QED) is 0.800. The van der Waals surface area contributed by atoms with Crippen LogP contribution in [-0.2, 0) is 6.54 Å². The zero-order valence-corrected chi connectivity index (χ0v) is 13.1. The van der Waals surface area contributed by atoms with Gasteiger partial charge in [-0.2, -0.15) is 0 Å². The van der Waals surface area contributed by atoms with Crippen molar-refractivity contribution >= 4 is 16.9 Å². The fourth-order valence-corrected chi connectivity index (χ4v) is 3.01. The molecule has 0 saturated heterocycles. The van der Waals surface area contributed by atoms with Crippen LogP contribution in [0.25, 0.3) is 11.0 Å². The molecule has 0 spiro atoms. The van der Waals surface area contributed by atoms with Crippen LogP contribution in [0.2, 0.25) is 0 Å². The maximum Gasteiger partial charge on any atom is 0.251 e. The summed E-state index contributed by atoms with van der Waals surface area (Å²) >= 11 is 0. The van der Waals surface area contributed by atoms with Crippen molar-refractivity contribution in [1.29, 1.82) is 0 Å². The lowest BCUT2D eigenvalue weighted by atomic mass is 10.1. The average Bonchev–Trinajstić information content (AvgIpc) is 3.33. The molecule has 116 valence electrons. The molecule has 3 aromatic rings. The maximum atomic E-state index is 12.3. The first-order chi connectivity index (χ1) is 11.2. The molecule has 23 heavy (non-hydrogen) atoms. The van der Waals surface area contributed by atoms with E-state index >= 15 is 0 Å². The second kappa shape index (κ2) is 5.54. The first-order valence-corrected chi connectivity index (χ1v) is 8.03. The molecule has 1 aromatic heterocycles. The summed E-state index contributed by atoms with van der Waals surface area (Å²) < 4.78 is 2.28. The lowest BCUT2D eigenvalue weighted by Crippen LogP contribution is -2.24. The SMILES string of the molecule is Cc1cccc(C(=O)NCc2nc3ccccc3n2C2CC2)c1. The van der Waals surface area contributed by atoms with E-state index in [1.54, 1.807) is 0 Å². The molecule has 4 nitrogen and oxygen atoms in total. The number of hydrogen-bond donors (Lipinski definition) is 1. The van der Waals surface area contributed by atoms with Gasteiger partial charge in [0.15, 0.2) is 0 Å². The number of imidazole rings is 1. The summed E-state index contributed by atoms with van der Waals surface area (Å²) in [5.41, 5.74) is 3.94. The fraction of sp³-hybridized carbons (Fsp3) is 0.263. The summed E-state index contributed by atoms with van der Waals surface area (Å²) in [4.78, 5) is 17.0. The predicted molar refractivity (Wildman–Crippen MR) is 90.4 cm³/mol. The number of carbonyl (C=O) groups excluding carboxylic acids is 1. The van der Waals surface area contributed by atoms with E-state index in [9.17, 15) is 4.79 Å². The molecule has 1 fully saturated rings. The van der Waals surface area contributed by atoms with Crippen LogP contribution in [0.4, 0.5) is 0 Å². The van der Waals surface area contributed by atoms with E-state index in [1.165, 1.54) is 12.8 Å². The van der Waals surface area contributed by atoms with E-state index in [0.29, 0.717) is 18.2 Å². The van der Waals surface area contributed by atoms with Crippen molar-refractivity contribution in [2.75, 3.05) is 0 Å². The molecule has 2 aromatic carbocycles. The van der Waals surface area contributed by atoms with Crippen molar-refractivity contribution < 1.29 is 4.79 Å². The number of rotatable bonds is 4. The first kappa shape index (κ1) is 14.0. The number of amides is 1. The van der Waals surface area contributed by atoms with E-state index < -0.39 is 0 Å². The van der Waals surface area contributed by atoms with Crippen LogP contribution in [-0.4, -0.2) is 15.5 Å². The molecule has 1 aliphatic carbocycles. The van der Waals surface area contributed by atoms with Gasteiger partial charge < -0.3 is 9.88 Å². The largest absolute Gasteiger partial charge is 0.345 e. The predicted octanol–water partition coefficient (Wildman–Crippen LogP) is 3.61. The second-order valence-electron chi connectivity index (χ2n) is 6.17. The molecule has 0 bridgehead atoms. The van der Waals surface area contributed by atoms with Crippen molar-refractivity contribution in [3.63, 3.8) is 0 Å². The number of benzene rings is 2. The topological polar surface area (TPSA) is 46.9 Å². The summed E-state index contributed by atoms with van der Waals surface area (Å²) in [6.07, 6.45) is 2.39. The van der Waals surface area contributed by atoms with Crippen LogP contribution in [0.15, 0.2) is 48.5 Å². The van der Waals surface area contributed by atoms with Crippen LogP contribution in [0.3, 0.4) is 0 Å². The van der Waals surface area contributed by atoms with Crippen LogP contribution < -0.4 is 5.32 Å². The smallest absolute Gasteiger partial charge is 0.251 e. The summed E-state index contributed by atoms with van der Waals surface area (Å²) in [5, 5.41) is 3.00. The Morgan fingerprint density at radius 3 is 2.83 bits per heavy atom. The molecule has 4 heteroatoms. The van der Waals surface area contributed by atoms with Crippen LogP contribution in [0, 0.1) is 6.92 Å². The number of aromatic nitrogens is 2.